The summed E-state index contributed by atoms with van der Waals surface area (Å²) in [7, 11) is 0. The van der Waals surface area contributed by atoms with Crippen LogP contribution in [0.15, 0.2) is 55.1 Å². The van der Waals surface area contributed by atoms with Crippen molar-refractivity contribution in [3.8, 4) is 5.82 Å². The molecule has 1 saturated heterocycles. The number of aromatic nitrogens is 4. The number of carbonyl (C=O) groups is 2. The van der Waals surface area contributed by atoms with Gasteiger partial charge in [0.1, 0.15) is 23.8 Å². The molecular formula is C21H23N7O2. The van der Waals surface area contributed by atoms with E-state index in [1.807, 2.05) is 54.1 Å². The minimum Gasteiger partial charge on any atom is -0.368 e. The van der Waals surface area contributed by atoms with E-state index in [-0.39, 0.29) is 24.2 Å². The van der Waals surface area contributed by atoms with E-state index >= 15 is 0 Å². The number of aryl methyl sites for hydroxylation is 1. The third-order valence-electron chi connectivity index (χ3n) is 5.02. The van der Waals surface area contributed by atoms with Gasteiger partial charge < -0.3 is 15.5 Å². The Balaban J connectivity index is 1.26. The zero-order valence-corrected chi connectivity index (χ0v) is 16.7. The van der Waals surface area contributed by atoms with Crippen molar-refractivity contribution < 1.29 is 9.59 Å². The van der Waals surface area contributed by atoms with Crippen LogP contribution in [0.4, 0.5) is 11.5 Å². The molecule has 9 heteroatoms. The smallest absolute Gasteiger partial charge is 0.227 e. The first kappa shape index (κ1) is 19.6. The highest BCUT2D eigenvalue weighted by Gasteiger charge is 2.34. The number of carbonyl (C=O) groups excluding carboxylic acids is 2. The average Bonchev–Trinajstić information content (AvgIpc) is 3.37. The molecular weight excluding hydrogens is 382 g/mol. The Labute approximate surface area is 174 Å². The van der Waals surface area contributed by atoms with Gasteiger partial charge in [-0.15, -0.1) is 0 Å². The number of rotatable bonds is 7. The number of amides is 2. The van der Waals surface area contributed by atoms with E-state index in [0.29, 0.717) is 25.5 Å². The number of benzene rings is 1. The summed E-state index contributed by atoms with van der Waals surface area (Å²) < 4.78 is 1.87. The normalized spacial score (nSPS) is 16.0. The summed E-state index contributed by atoms with van der Waals surface area (Å²) in [6.07, 6.45) is 5.27. The van der Waals surface area contributed by atoms with Gasteiger partial charge in [0.15, 0.2) is 0 Å². The molecule has 0 spiro atoms. The second-order valence-corrected chi connectivity index (χ2v) is 7.06. The minimum atomic E-state index is -0.340. The summed E-state index contributed by atoms with van der Waals surface area (Å²) in [6.45, 7) is 3.24. The third-order valence-corrected chi connectivity index (χ3v) is 5.02. The Bertz CT molecular complexity index is 1030. The lowest BCUT2D eigenvalue weighted by Gasteiger charge is -2.16. The SMILES string of the molecule is Cc1nccn1-c1cc(NCCNC(=O)[C@H]2CC(=O)N(c3ccccc3)C2)ncn1. The predicted octanol–water partition coefficient (Wildman–Crippen LogP) is 1.55. The molecule has 0 bridgehead atoms. The van der Waals surface area contributed by atoms with Gasteiger partial charge in [0.25, 0.3) is 0 Å². The van der Waals surface area contributed by atoms with Crippen molar-refractivity contribution in [2.45, 2.75) is 13.3 Å². The van der Waals surface area contributed by atoms with Crippen LogP contribution < -0.4 is 15.5 Å². The molecule has 154 valence electrons. The molecule has 0 aliphatic carbocycles. The summed E-state index contributed by atoms with van der Waals surface area (Å²) >= 11 is 0. The zero-order valence-electron chi connectivity index (χ0n) is 16.7. The Hall–Kier alpha value is -3.75. The van der Waals surface area contributed by atoms with Crippen LogP contribution in [-0.2, 0) is 9.59 Å². The van der Waals surface area contributed by atoms with E-state index in [1.165, 1.54) is 6.33 Å². The number of anilines is 2. The van der Waals surface area contributed by atoms with Crippen LogP contribution in [0.25, 0.3) is 5.82 Å². The molecule has 2 aromatic heterocycles. The monoisotopic (exact) mass is 405 g/mol. The molecule has 3 aromatic rings. The first-order chi connectivity index (χ1) is 14.6. The van der Waals surface area contributed by atoms with Gasteiger partial charge in [0.05, 0.1) is 5.92 Å². The van der Waals surface area contributed by atoms with Gasteiger partial charge in [-0.1, -0.05) is 18.2 Å². The molecule has 1 aliphatic heterocycles. The van der Waals surface area contributed by atoms with E-state index in [1.54, 1.807) is 11.1 Å². The fraction of sp³-hybridized carbons (Fsp3) is 0.286. The van der Waals surface area contributed by atoms with Gasteiger partial charge in [0.2, 0.25) is 11.8 Å². The minimum absolute atomic E-state index is 0.0252. The maximum Gasteiger partial charge on any atom is 0.227 e. The van der Waals surface area contributed by atoms with Crippen LogP contribution in [-0.4, -0.2) is 51.0 Å². The fourth-order valence-corrected chi connectivity index (χ4v) is 3.46. The summed E-state index contributed by atoms with van der Waals surface area (Å²) in [5.41, 5.74) is 0.826. The van der Waals surface area contributed by atoms with Gasteiger partial charge in [-0.2, -0.15) is 0 Å². The average molecular weight is 405 g/mol. The van der Waals surface area contributed by atoms with Crippen molar-refractivity contribution in [2.24, 2.45) is 5.92 Å². The summed E-state index contributed by atoms with van der Waals surface area (Å²) in [5.74, 6) is 1.74. The predicted molar refractivity (Wildman–Crippen MR) is 112 cm³/mol. The van der Waals surface area contributed by atoms with E-state index in [9.17, 15) is 9.59 Å². The molecule has 0 saturated carbocycles. The fourth-order valence-electron chi connectivity index (χ4n) is 3.46. The van der Waals surface area contributed by atoms with Crippen molar-refractivity contribution in [1.82, 2.24) is 24.8 Å². The van der Waals surface area contributed by atoms with E-state index in [0.717, 1.165) is 17.3 Å². The molecule has 30 heavy (non-hydrogen) atoms. The van der Waals surface area contributed by atoms with Crippen LogP contribution in [0.1, 0.15) is 12.2 Å². The summed E-state index contributed by atoms with van der Waals surface area (Å²) in [6, 6.07) is 11.2. The van der Waals surface area contributed by atoms with Crippen molar-refractivity contribution in [3.05, 3.63) is 60.9 Å². The number of hydrogen-bond acceptors (Lipinski definition) is 6. The maximum atomic E-state index is 12.5. The van der Waals surface area contributed by atoms with Crippen molar-refractivity contribution in [3.63, 3.8) is 0 Å². The first-order valence-corrected chi connectivity index (χ1v) is 9.81. The molecule has 3 heterocycles. The Morgan fingerprint density at radius 1 is 1.17 bits per heavy atom. The van der Waals surface area contributed by atoms with Gasteiger partial charge in [-0.25, -0.2) is 15.0 Å². The van der Waals surface area contributed by atoms with Crippen LogP contribution in [0.5, 0.6) is 0 Å². The first-order valence-electron chi connectivity index (χ1n) is 9.81. The van der Waals surface area contributed by atoms with Crippen molar-refractivity contribution in [1.29, 1.82) is 0 Å². The molecule has 1 aromatic carbocycles. The summed E-state index contributed by atoms with van der Waals surface area (Å²) in [5, 5.41) is 6.08. The lowest BCUT2D eigenvalue weighted by molar-refractivity contribution is -0.126. The topological polar surface area (TPSA) is 105 Å². The summed E-state index contributed by atoms with van der Waals surface area (Å²) in [4.78, 5) is 39.1. The second kappa shape index (κ2) is 8.73. The molecule has 9 nitrogen and oxygen atoms in total. The lowest BCUT2D eigenvalue weighted by atomic mass is 10.1. The number of imidazole rings is 1. The van der Waals surface area contributed by atoms with Crippen LogP contribution in [0, 0.1) is 12.8 Å². The molecule has 1 aliphatic rings. The maximum absolute atomic E-state index is 12.5. The molecule has 0 unspecified atom stereocenters. The number of hydrogen-bond donors (Lipinski definition) is 2. The van der Waals surface area contributed by atoms with Crippen LogP contribution in [0.3, 0.4) is 0 Å². The number of nitrogens with one attached hydrogen (secondary N) is 2. The lowest BCUT2D eigenvalue weighted by Crippen LogP contribution is -2.35. The Kier molecular flexibility index (Phi) is 5.69. The van der Waals surface area contributed by atoms with Gasteiger partial charge >= 0.3 is 0 Å². The van der Waals surface area contributed by atoms with Gasteiger partial charge in [-0.05, 0) is 19.1 Å². The highest BCUT2D eigenvalue weighted by atomic mass is 16.2. The molecule has 1 fully saturated rings. The van der Waals surface area contributed by atoms with Crippen molar-refractivity contribution in [2.75, 3.05) is 29.9 Å². The second-order valence-electron chi connectivity index (χ2n) is 7.06. The Morgan fingerprint density at radius 3 is 2.77 bits per heavy atom. The molecule has 4 rings (SSSR count). The zero-order chi connectivity index (χ0) is 20.9. The van der Waals surface area contributed by atoms with Crippen LogP contribution in [0.2, 0.25) is 0 Å². The molecule has 2 N–H and O–H groups in total. The highest BCUT2D eigenvalue weighted by molar-refractivity contribution is 6.00. The van der Waals surface area contributed by atoms with Gasteiger partial charge in [0, 0.05) is 50.2 Å². The number of para-hydroxylation sites is 1. The highest BCUT2D eigenvalue weighted by Crippen LogP contribution is 2.24. The van der Waals surface area contributed by atoms with E-state index < -0.39 is 0 Å². The standard InChI is InChI=1S/C21H23N7O2/c1-15-22-9-10-27(15)19-12-18(25-14-26-19)23-7-8-24-21(30)16-11-20(29)28(13-16)17-5-3-2-4-6-17/h2-6,9-10,12,14,16H,7-8,11,13H2,1H3,(H,24,30)(H,23,25,26)/t16-/m0/s1. The molecule has 1 atom stereocenters. The van der Waals surface area contributed by atoms with Crippen LogP contribution >= 0.6 is 0 Å². The largest absolute Gasteiger partial charge is 0.368 e. The van der Waals surface area contributed by atoms with E-state index in [4.69, 9.17) is 0 Å². The van der Waals surface area contributed by atoms with Gasteiger partial charge in [-0.3, -0.25) is 14.2 Å². The Morgan fingerprint density at radius 2 is 2.00 bits per heavy atom. The molecule has 2 amide bonds. The number of nitrogens with zero attached hydrogens (tertiary/aromatic N) is 5. The third kappa shape index (κ3) is 4.29. The van der Waals surface area contributed by atoms with E-state index in [2.05, 4.69) is 25.6 Å². The molecule has 0 radical (unpaired) electrons. The quantitative estimate of drug-likeness (QED) is 0.578. The van der Waals surface area contributed by atoms with Crippen molar-refractivity contribution >= 4 is 23.3 Å².